The Hall–Kier alpha value is -1.99. The van der Waals surface area contributed by atoms with Crippen LogP contribution in [0.3, 0.4) is 0 Å². The molecule has 4 rings (SSSR count). The molecule has 2 amide bonds. The van der Waals surface area contributed by atoms with Crippen LogP contribution in [0.5, 0.6) is 11.5 Å². The van der Waals surface area contributed by atoms with Crippen molar-refractivity contribution in [2.75, 3.05) is 27.3 Å². The van der Waals surface area contributed by atoms with Crippen molar-refractivity contribution < 1.29 is 19.4 Å². The van der Waals surface area contributed by atoms with Crippen LogP contribution in [0, 0.1) is 0 Å². The number of carbonyl (C=O) groups is 1. The monoisotopic (exact) mass is 417 g/mol. The zero-order valence-electron chi connectivity index (χ0n) is 18.3. The van der Waals surface area contributed by atoms with E-state index in [0.29, 0.717) is 29.6 Å². The van der Waals surface area contributed by atoms with Gasteiger partial charge in [0, 0.05) is 25.2 Å². The number of carbonyl (C=O) groups excluding carboxylic acids is 1. The summed E-state index contributed by atoms with van der Waals surface area (Å²) in [6.07, 6.45) is 5.98. The highest BCUT2D eigenvalue weighted by molar-refractivity contribution is 5.78. The fourth-order valence-corrected chi connectivity index (χ4v) is 5.52. The number of methoxy groups -OCH3 is 2. The number of likely N-dealkylation sites (tertiary alicyclic amines) is 1. The van der Waals surface area contributed by atoms with Crippen LogP contribution >= 0.6 is 0 Å². The second-order valence-electron chi connectivity index (χ2n) is 8.88. The smallest absolute Gasteiger partial charge is 0.318 e. The third kappa shape index (κ3) is 3.97. The summed E-state index contributed by atoms with van der Waals surface area (Å²) in [5.41, 5.74) is 0.825. The highest BCUT2D eigenvalue weighted by atomic mass is 16.5. The summed E-state index contributed by atoms with van der Waals surface area (Å²) in [6.45, 7) is 3.84. The third-order valence-corrected chi connectivity index (χ3v) is 7.30. The molecule has 2 aliphatic heterocycles. The Morgan fingerprint density at radius 3 is 2.47 bits per heavy atom. The van der Waals surface area contributed by atoms with Crippen molar-refractivity contribution in [1.29, 1.82) is 0 Å². The van der Waals surface area contributed by atoms with Crippen molar-refractivity contribution in [2.24, 2.45) is 0 Å². The molecule has 30 heavy (non-hydrogen) atoms. The lowest BCUT2D eigenvalue weighted by Crippen LogP contribution is -2.52. The molecule has 0 aromatic heterocycles. The van der Waals surface area contributed by atoms with Crippen molar-refractivity contribution >= 4 is 6.03 Å². The van der Waals surface area contributed by atoms with E-state index < -0.39 is 6.10 Å². The molecule has 7 nitrogen and oxygen atoms in total. The van der Waals surface area contributed by atoms with E-state index in [1.807, 2.05) is 18.2 Å². The van der Waals surface area contributed by atoms with Crippen molar-refractivity contribution in [1.82, 2.24) is 15.1 Å². The first-order chi connectivity index (χ1) is 14.5. The summed E-state index contributed by atoms with van der Waals surface area (Å²) in [6, 6.07) is 6.72. The number of aliphatic hydroxyl groups excluding tert-OH is 1. The highest BCUT2D eigenvalue weighted by Gasteiger charge is 2.44. The van der Waals surface area contributed by atoms with Gasteiger partial charge < -0.3 is 24.8 Å². The number of hydrogen-bond acceptors (Lipinski definition) is 5. The second-order valence-corrected chi connectivity index (χ2v) is 8.88. The number of amides is 2. The zero-order valence-corrected chi connectivity index (χ0v) is 18.3. The highest BCUT2D eigenvalue weighted by Crippen LogP contribution is 2.35. The molecule has 2 N–H and O–H groups in total. The summed E-state index contributed by atoms with van der Waals surface area (Å²) in [4.78, 5) is 17.1. The molecule has 166 valence electrons. The van der Waals surface area contributed by atoms with Crippen LogP contribution in [0.25, 0.3) is 0 Å². The number of hydrogen-bond donors (Lipinski definition) is 2. The van der Waals surface area contributed by atoms with Gasteiger partial charge in [-0.3, -0.25) is 4.90 Å². The van der Waals surface area contributed by atoms with Crippen LogP contribution in [-0.4, -0.2) is 72.4 Å². The molecule has 1 saturated carbocycles. The molecule has 0 spiro atoms. The zero-order chi connectivity index (χ0) is 21.3. The molecule has 4 atom stereocenters. The van der Waals surface area contributed by atoms with Gasteiger partial charge >= 0.3 is 6.03 Å². The number of ether oxygens (including phenoxy) is 2. The number of aliphatic hydroxyl groups is 1. The molecular formula is C23H35N3O4. The summed E-state index contributed by atoms with van der Waals surface area (Å²) in [5, 5.41) is 14.2. The van der Waals surface area contributed by atoms with E-state index in [-0.39, 0.29) is 12.1 Å². The predicted octanol–water partition coefficient (Wildman–Crippen LogP) is 2.93. The second kappa shape index (κ2) is 9.02. The van der Waals surface area contributed by atoms with Crippen LogP contribution in [-0.2, 0) is 0 Å². The first-order valence-electron chi connectivity index (χ1n) is 11.3. The van der Waals surface area contributed by atoms with Gasteiger partial charge in [0.25, 0.3) is 0 Å². The van der Waals surface area contributed by atoms with E-state index in [1.165, 1.54) is 12.8 Å². The SMILES string of the molecule is COc1ccc(C(O)C(C)N2CCC(N3C(=O)NC4CCCCC43)CC2)cc1OC. The summed E-state index contributed by atoms with van der Waals surface area (Å²) < 4.78 is 10.7. The lowest BCUT2D eigenvalue weighted by atomic mass is 9.89. The molecule has 2 heterocycles. The Morgan fingerprint density at radius 2 is 1.77 bits per heavy atom. The van der Waals surface area contributed by atoms with Crippen molar-refractivity contribution in [3.8, 4) is 11.5 Å². The van der Waals surface area contributed by atoms with E-state index in [9.17, 15) is 9.90 Å². The normalized spacial score (nSPS) is 27.3. The minimum absolute atomic E-state index is 0.0149. The summed E-state index contributed by atoms with van der Waals surface area (Å²) in [5.74, 6) is 1.29. The fourth-order valence-electron chi connectivity index (χ4n) is 5.52. The molecule has 3 aliphatic rings. The number of nitrogens with one attached hydrogen (secondary N) is 1. The number of rotatable bonds is 6. The van der Waals surface area contributed by atoms with Crippen molar-refractivity contribution in [3.63, 3.8) is 0 Å². The third-order valence-electron chi connectivity index (χ3n) is 7.30. The van der Waals surface area contributed by atoms with Crippen LogP contribution in [0.2, 0.25) is 0 Å². The first kappa shape index (κ1) is 21.2. The maximum absolute atomic E-state index is 12.6. The number of nitrogens with zero attached hydrogens (tertiary/aromatic N) is 2. The summed E-state index contributed by atoms with van der Waals surface area (Å²) >= 11 is 0. The number of urea groups is 1. The minimum Gasteiger partial charge on any atom is -0.493 e. The molecular weight excluding hydrogens is 382 g/mol. The van der Waals surface area contributed by atoms with Crippen LogP contribution in [0.15, 0.2) is 18.2 Å². The molecule has 7 heteroatoms. The number of fused-ring (bicyclic) bond motifs is 1. The van der Waals surface area contributed by atoms with Gasteiger partial charge in [-0.05, 0) is 50.3 Å². The molecule has 0 bridgehead atoms. The van der Waals surface area contributed by atoms with Gasteiger partial charge in [-0.2, -0.15) is 0 Å². The van der Waals surface area contributed by atoms with Gasteiger partial charge in [0.15, 0.2) is 11.5 Å². The number of benzene rings is 1. The average Bonchev–Trinajstić information content (AvgIpc) is 3.13. The lowest BCUT2D eigenvalue weighted by molar-refractivity contribution is 0.0261. The molecule has 4 unspecified atom stereocenters. The molecule has 1 aromatic rings. The molecule has 2 saturated heterocycles. The van der Waals surface area contributed by atoms with Gasteiger partial charge in [-0.25, -0.2) is 4.79 Å². The van der Waals surface area contributed by atoms with Crippen LogP contribution < -0.4 is 14.8 Å². The minimum atomic E-state index is -0.612. The molecule has 0 radical (unpaired) electrons. The predicted molar refractivity (Wildman–Crippen MR) is 115 cm³/mol. The maximum atomic E-state index is 12.6. The first-order valence-corrected chi connectivity index (χ1v) is 11.3. The molecule has 1 aromatic carbocycles. The number of piperidine rings is 1. The van der Waals surface area contributed by atoms with Gasteiger partial charge in [-0.1, -0.05) is 18.9 Å². The Labute approximate surface area is 179 Å². The largest absolute Gasteiger partial charge is 0.493 e. The topological polar surface area (TPSA) is 74.3 Å². The van der Waals surface area contributed by atoms with E-state index >= 15 is 0 Å². The Balaban J connectivity index is 1.37. The van der Waals surface area contributed by atoms with E-state index in [4.69, 9.17) is 9.47 Å². The van der Waals surface area contributed by atoms with E-state index in [2.05, 4.69) is 22.0 Å². The average molecular weight is 418 g/mol. The molecule has 3 fully saturated rings. The van der Waals surface area contributed by atoms with Crippen LogP contribution in [0.4, 0.5) is 4.79 Å². The quantitative estimate of drug-likeness (QED) is 0.745. The van der Waals surface area contributed by atoms with Crippen molar-refractivity contribution in [3.05, 3.63) is 23.8 Å². The van der Waals surface area contributed by atoms with Crippen molar-refractivity contribution in [2.45, 2.75) is 75.7 Å². The van der Waals surface area contributed by atoms with Gasteiger partial charge in [0.2, 0.25) is 0 Å². The van der Waals surface area contributed by atoms with E-state index in [1.54, 1.807) is 14.2 Å². The fraction of sp³-hybridized carbons (Fsp3) is 0.696. The maximum Gasteiger partial charge on any atom is 0.318 e. The Kier molecular flexibility index (Phi) is 6.39. The summed E-state index contributed by atoms with van der Waals surface area (Å²) in [7, 11) is 3.21. The Bertz CT molecular complexity index is 750. The Morgan fingerprint density at radius 1 is 1.07 bits per heavy atom. The van der Waals surface area contributed by atoms with Crippen LogP contribution in [0.1, 0.15) is 57.1 Å². The van der Waals surface area contributed by atoms with Gasteiger partial charge in [0.1, 0.15) is 0 Å². The van der Waals surface area contributed by atoms with E-state index in [0.717, 1.165) is 44.3 Å². The molecule has 1 aliphatic carbocycles. The van der Waals surface area contributed by atoms with Gasteiger partial charge in [0.05, 0.1) is 32.4 Å². The van der Waals surface area contributed by atoms with Gasteiger partial charge in [-0.15, -0.1) is 0 Å². The lowest BCUT2D eigenvalue weighted by Gasteiger charge is -2.42. The standard InChI is InChI=1S/C23H35N3O4/c1-15(22(27)16-8-9-20(29-2)21(14-16)30-3)25-12-10-17(11-13-25)26-19-7-5-4-6-18(19)24-23(26)28/h8-9,14-15,17-19,22,27H,4-7,10-13H2,1-3H3,(H,24,28).